The molecule has 0 saturated heterocycles. The van der Waals surface area contributed by atoms with E-state index in [1.165, 1.54) is 7.11 Å². The third-order valence-corrected chi connectivity index (χ3v) is 4.69. The van der Waals surface area contributed by atoms with E-state index >= 15 is 0 Å². The maximum absolute atomic E-state index is 5.04. The van der Waals surface area contributed by atoms with Crippen LogP contribution >= 0.6 is 12.0 Å². The standard InChI is InChI=1S/C17H24N8O2S/c1-9-18-23-15-10(12(16(2,3)4)24-25(9)15)19-21-14-11(28-27-26-8)13(20-22-14)17(5,6)7/h1-8H3/q-2. The van der Waals surface area contributed by atoms with Crippen molar-refractivity contribution >= 4 is 29.2 Å². The van der Waals surface area contributed by atoms with Crippen LogP contribution in [-0.4, -0.2) is 26.9 Å². The van der Waals surface area contributed by atoms with Gasteiger partial charge in [0.2, 0.25) is 0 Å². The fourth-order valence-electron chi connectivity index (χ4n) is 2.57. The number of aryl methyl sites for hydroxylation is 1. The van der Waals surface area contributed by atoms with Crippen LogP contribution < -0.4 is 10.2 Å². The molecule has 0 amide bonds. The van der Waals surface area contributed by atoms with Crippen LogP contribution in [0.5, 0.6) is 0 Å². The van der Waals surface area contributed by atoms with Gasteiger partial charge in [0.1, 0.15) is 0 Å². The molecular weight excluding hydrogens is 380 g/mol. The zero-order valence-corrected chi connectivity index (χ0v) is 18.1. The molecule has 0 fully saturated rings. The van der Waals surface area contributed by atoms with Crippen molar-refractivity contribution in [3.05, 3.63) is 17.2 Å². The molecule has 0 bridgehead atoms. The Morgan fingerprint density at radius 2 is 1.64 bits per heavy atom. The third kappa shape index (κ3) is 3.82. The van der Waals surface area contributed by atoms with Gasteiger partial charge in [-0.25, -0.2) is 4.89 Å². The quantitative estimate of drug-likeness (QED) is 0.272. The van der Waals surface area contributed by atoms with Gasteiger partial charge in [-0.15, -0.1) is 0 Å². The molecule has 0 aromatic carbocycles. The molecule has 10 nitrogen and oxygen atoms in total. The summed E-state index contributed by atoms with van der Waals surface area (Å²) in [6.45, 7) is 14.1. The van der Waals surface area contributed by atoms with Crippen LogP contribution in [0.1, 0.15) is 58.8 Å². The largest absolute Gasteiger partial charge is 0.351 e. The van der Waals surface area contributed by atoms with E-state index in [1.807, 2.05) is 27.7 Å². The highest BCUT2D eigenvalue weighted by Crippen LogP contribution is 2.39. The van der Waals surface area contributed by atoms with Gasteiger partial charge in [-0.2, -0.15) is 4.33 Å². The molecule has 28 heavy (non-hydrogen) atoms. The average Bonchev–Trinajstić information content (AvgIpc) is 3.25. The van der Waals surface area contributed by atoms with Gasteiger partial charge in [-0.1, -0.05) is 41.5 Å². The third-order valence-electron chi connectivity index (χ3n) is 3.95. The number of aromatic nitrogens is 6. The molecule has 0 spiro atoms. The van der Waals surface area contributed by atoms with Gasteiger partial charge in [0.15, 0.2) is 0 Å². The van der Waals surface area contributed by atoms with Crippen molar-refractivity contribution in [2.45, 2.75) is 64.2 Å². The Labute approximate surface area is 167 Å². The minimum absolute atomic E-state index is 0.240. The van der Waals surface area contributed by atoms with E-state index in [1.54, 1.807) is 4.52 Å². The highest BCUT2D eigenvalue weighted by molar-refractivity contribution is 7.94. The summed E-state index contributed by atoms with van der Waals surface area (Å²) in [6.07, 6.45) is 0. The summed E-state index contributed by atoms with van der Waals surface area (Å²) in [4.78, 5) is 5.37. The van der Waals surface area contributed by atoms with E-state index in [0.29, 0.717) is 27.9 Å². The van der Waals surface area contributed by atoms with Crippen LogP contribution in [0.3, 0.4) is 0 Å². The molecule has 0 unspecified atom stereocenters. The Hall–Kier alpha value is -2.24. The molecule has 3 aromatic heterocycles. The van der Waals surface area contributed by atoms with Crippen molar-refractivity contribution in [1.82, 2.24) is 30.0 Å². The second kappa shape index (κ2) is 7.30. The molecule has 0 saturated carbocycles. The van der Waals surface area contributed by atoms with E-state index in [-0.39, 0.29) is 10.8 Å². The van der Waals surface area contributed by atoms with Crippen LogP contribution in [0.4, 0.5) is 11.5 Å². The van der Waals surface area contributed by atoms with E-state index in [2.05, 4.69) is 56.5 Å². The van der Waals surface area contributed by atoms with Gasteiger partial charge in [0, 0.05) is 22.3 Å². The molecule has 3 rings (SSSR count). The molecule has 3 aromatic rings. The van der Waals surface area contributed by atoms with Crippen LogP contribution in [-0.2, 0) is 20.1 Å². The van der Waals surface area contributed by atoms with Crippen molar-refractivity contribution in [1.29, 1.82) is 0 Å². The normalized spacial score (nSPS) is 13.3. The van der Waals surface area contributed by atoms with E-state index in [9.17, 15) is 0 Å². The molecule has 11 heteroatoms. The fraction of sp³-hybridized carbons (Fsp3) is 0.588. The first-order valence-electron chi connectivity index (χ1n) is 8.76. The molecular formula is C17H24N8O2S-2. The van der Waals surface area contributed by atoms with E-state index in [0.717, 1.165) is 23.4 Å². The van der Waals surface area contributed by atoms with Gasteiger partial charge in [0.25, 0.3) is 0 Å². The minimum Gasteiger partial charge on any atom is -0.351 e. The van der Waals surface area contributed by atoms with Crippen molar-refractivity contribution < 1.29 is 9.22 Å². The number of hydrogen-bond acceptors (Lipinski definition) is 8. The predicted octanol–water partition coefficient (Wildman–Crippen LogP) is 3.94. The van der Waals surface area contributed by atoms with Crippen LogP contribution in [0.2, 0.25) is 0 Å². The smallest absolute Gasteiger partial charge is 0.0862 e. The predicted molar refractivity (Wildman–Crippen MR) is 104 cm³/mol. The zero-order valence-electron chi connectivity index (χ0n) is 17.3. The van der Waals surface area contributed by atoms with Crippen molar-refractivity contribution in [2.24, 2.45) is 10.2 Å². The van der Waals surface area contributed by atoms with Crippen molar-refractivity contribution in [3.63, 3.8) is 0 Å². The summed E-state index contributed by atoms with van der Waals surface area (Å²) in [5.41, 5.74) is 2.18. The number of nitrogens with zero attached hydrogens (tertiary/aromatic N) is 8. The topological polar surface area (TPSA) is 114 Å². The first-order chi connectivity index (χ1) is 13.0. The molecule has 3 heterocycles. The lowest BCUT2D eigenvalue weighted by Crippen LogP contribution is -2.13. The second-order valence-electron chi connectivity index (χ2n) is 8.40. The summed E-state index contributed by atoms with van der Waals surface area (Å²) in [5.74, 6) is 1.04. The molecule has 0 aliphatic rings. The first-order valence-corrected chi connectivity index (χ1v) is 9.50. The van der Waals surface area contributed by atoms with Gasteiger partial charge < -0.3 is 19.8 Å². The summed E-state index contributed by atoms with van der Waals surface area (Å²) in [5, 5.41) is 30.1. The molecule has 0 atom stereocenters. The Morgan fingerprint density at radius 3 is 2.25 bits per heavy atom. The lowest BCUT2D eigenvalue weighted by atomic mass is 9.91. The Morgan fingerprint density at radius 1 is 0.964 bits per heavy atom. The average molecular weight is 405 g/mol. The molecule has 0 radical (unpaired) electrons. The number of fused-ring (bicyclic) bond motifs is 1. The first kappa shape index (κ1) is 20.5. The van der Waals surface area contributed by atoms with E-state index < -0.39 is 0 Å². The zero-order chi connectivity index (χ0) is 20.7. The summed E-state index contributed by atoms with van der Waals surface area (Å²) in [7, 11) is 1.43. The Kier molecular flexibility index (Phi) is 5.34. The highest BCUT2D eigenvalue weighted by Gasteiger charge is 2.23. The molecule has 0 aliphatic carbocycles. The lowest BCUT2D eigenvalue weighted by molar-refractivity contribution is -0.160. The molecule has 0 N–H and O–H groups in total. The monoisotopic (exact) mass is 404 g/mol. The summed E-state index contributed by atoms with van der Waals surface area (Å²) < 4.78 is 6.72. The van der Waals surface area contributed by atoms with Crippen molar-refractivity contribution in [3.8, 4) is 0 Å². The highest BCUT2D eigenvalue weighted by atomic mass is 32.2. The maximum atomic E-state index is 5.04. The minimum atomic E-state index is -0.244. The summed E-state index contributed by atoms with van der Waals surface area (Å²) >= 11 is 1.01. The van der Waals surface area contributed by atoms with Gasteiger partial charge in [0.05, 0.1) is 41.1 Å². The number of hydrogen-bond donors (Lipinski definition) is 0. The lowest BCUT2D eigenvalue weighted by Gasteiger charge is -2.18. The SMILES string of the molecule is COOSc1c(C(C)(C)C)n[n-]c1N=Nc1c(C(C)(C)C)nn2c(C)n[n-]c12. The van der Waals surface area contributed by atoms with Crippen LogP contribution in [0.25, 0.3) is 5.65 Å². The summed E-state index contributed by atoms with van der Waals surface area (Å²) in [6, 6.07) is 0. The Bertz CT molecular complexity index is 1000. The van der Waals surface area contributed by atoms with Crippen molar-refractivity contribution in [2.75, 3.05) is 7.11 Å². The van der Waals surface area contributed by atoms with Gasteiger partial charge in [-0.05, 0) is 12.7 Å². The fourth-order valence-corrected chi connectivity index (χ4v) is 3.29. The van der Waals surface area contributed by atoms with Gasteiger partial charge in [-0.3, -0.25) is 20.4 Å². The van der Waals surface area contributed by atoms with Crippen LogP contribution in [0.15, 0.2) is 15.1 Å². The molecule has 0 aliphatic heterocycles. The maximum Gasteiger partial charge on any atom is 0.0862 e. The Balaban J connectivity index is 2.08. The second-order valence-corrected chi connectivity index (χ2v) is 9.11. The number of azo groups is 1. The molecule has 152 valence electrons. The van der Waals surface area contributed by atoms with Gasteiger partial charge >= 0.3 is 0 Å². The van der Waals surface area contributed by atoms with Crippen LogP contribution in [0, 0.1) is 6.92 Å². The van der Waals surface area contributed by atoms with E-state index in [4.69, 9.17) is 9.22 Å². The number of rotatable bonds is 5.